The molecule has 0 saturated carbocycles. The summed E-state index contributed by atoms with van der Waals surface area (Å²) >= 11 is 0. The van der Waals surface area contributed by atoms with Crippen molar-refractivity contribution < 1.29 is 9.50 Å². The zero-order valence-electron chi connectivity index (χ0n) is 11.0. The zero-order chi connectivity index (χ0) is 13.4. The van der Waals surface area contributed by atoms with E-state index in [-0.39, 0.29) is 12.4 Å². The molecule has 1 rings (SSSR count). The second-order valence-electron chi connectivity index (χ2n) is 4.69. The van der Waals surface area contributed by atoms with Gasteiger partial charge in [-0.2, -0.15) is 0 Å². The molecule has 0 aliphatic carbocycles. The van der Waals surface area contributed by atoms with Crippen LogP contribution < -0.4 is 5.73 Å². The van der Waals surface area contributed by atoms with Gasteiger partial charge in [0.2, 0.25) is 0 Å². The predicted molar refractivity (Wildman–Crippen MR) is 71.6 cm³/mol. The Labute approximate surface area is 108 Å². The van der Waals surface area contributed by atoms with Crippen LogP contribution in [0.2, 0.25) is 0 Å². The Morgan fingerprint density at radius 2 is 1.89 bits per heavy atom. The van der Waals surface area contributed by atoms with Crippen LogP contribution in [0.25, 0.3) is 0 Å². The number of nitrogens with two attached hydrogens (primary N) is 1. The Balaban J connectivity index is 2.43. The van der Waals surface area contributed by atoms with Crippen LogP contribution in [0.3, 0.4) is 0 Å². The Bertz CT molecular complexity index is 358. The van der Waals surface area contributed by atoms with Crippen LogP contribution in [-0.2, 0) is 13.1 Å². The number of benzene rings is 1. The molecule has 0 aliphatic rings. The molecular weight excluding hydrogens is 231 g/mol. The molecule has 0 saturated heterocycles. The molecule has 0 fully saturated rings. The minimum Gasteiger partial charge on any atom is -0.396 e. The quantitative estimate of drug-likeness (QED) is 0.696. The van der Waals surface area contributed by atoms with Crippen molar-refractivity contribution in [2.45, 2.75) is 32.4 Å². The highest BCUT2D eigenvalue weighted by atomic mass is 19.1. The molecule has 0 atom stereocenters. The average molecular weight is 254 g/mol. The fourth-order valence-corrected chi connectivity index (χ4v) is 1.99. The Kier molecular flexibility index (Phi) is 6.86. The highest BCUT2D eigenvalue weighted by molar-refractivity contribution is 5.24. The van der Waals surface area contributed by atoms with Crippen molar-refractivity contribution in [2.24, 2.45) is 5.73 Å². The fraction of sp³-hybridized carbons (Fsp3) is 0.571. The summed E-state index contributed by atoms with van der Waals surface area (Å²) in [4.78, 5) is 2.16. The molecule has 0 amide bonds. The second-order valence-corrected chi connectivity index (χ2v) is 4.69. The summed E-state index contributed by atoms with van der Waals surface area (Å²) in [6, 6.07) is 4.99. The molecule has 1 aromatic carbocycles. The van der Waals surface area contributed by atoms with Crippen LogP contribution in [0.15, 0.2) is 18.2 Å². The van der Waals surface area contributed by atoms with E-state index < -0.39 is 0 Å². The molecule has 0 spiro atoms. The number of hydrogen-bond acceptors (Lipinski definition) is 3. The first-order valence-corrected chi connectivity index (χ1v) is 6.43. The number of aliphatic hydroxyl groups is 1. The van der Waals surface area contributed by atoms with Crippen LogP contribution in [0, 0.1) is 5.82 Å². The van der Waals surface area contributed by atoms with Crippen LogP contribution >= 0.6 is 0 Å². The lowest BCUT2D eigenvalue weighted by atomic mass is 10.1. The summed E-state index contributed by atoms with van der Waals surface area (Å²) in [5, 5.41) is 8.69. The molecule has 3 nitrogen and oxygen atoms in total. The maximum atomic E-state index is 13.3. The first-order chi connectivity index (χ1) is 8.65. The van der Waals surface area contributed by atoms with E-state index in [4.69, 9.17) is 10.8 Å². The molecule has 1 aromatic rings. The van der Waals surface area contributed by atoms with Gasteiger partial charge in [-0.05, 0) is 56.1 Å². The molecule has 0 unspecified atom stereocenters. The lowest BCUT2D eigenvalue weighted by Gasteiger charge is -2.17. The van der Waals surface area contributed by atoms with Gasteiger partial charge in [0.1, 0.15) is 5.82 Å². The second kappa shape index (κ2) is 8.19. The molecule has 3 N–H and O–H groups in total. The Morgan fingerprint density at radius 1 is 1.17 bits per heavy atom. The van der Waals surface area contributed by atoms with Crippen molar-refractivity contribution in [1.82, 2.24) is 4.90 Å². The lowest BCUT2D eigenvalue weighted by Crippen LogP contribution is -2.19. The molecule has 0 radical (unpaired) electrons. The summed E-state index contributed by atoms with van der Waals surface area (Å²) in [6.45, 7) is 2.30. The van der Waals surface area contributed by atoms with E-state index in [1.165, 1.54) is 6.07 Å². The maximum absolute atomic E-state index is 13.3. The van der Waals surface area contributed by atoms with E-state index in [9.17, 15) is 4.39 Å². The Hall–Kier alpha value is -0.970. The van der Waals surface area contributed by atoms with Crippen molar-refractivity contribution in [3.63, 3.8) is 0 Å². The average Bonchev–Trinajstić information content (AvgIpc) is 2.34. The van der Waals surface area contributed by atoms with Gasteiger partial charge in [-0.15, -0.1) is 0 Å². The van der Waals surface area contributed by atoms with E-state index in [0.29, 0.717) is 6.54 Å². The van der Waals surface area contributed by atoms with E-state index in [0.717, 1.165) is 43.5 Å². The molecule has 0 aliphatic heterocycles. The van der Waals surface area contributed by atoms with Crippen molar-refractivity contribution in [2.75, 3.05) is 20.2 Å². The molecule has 102 valence electrons. The van der Waals surface area contributed by atoms with Gasteiger partial charge < -0.3 is 15.7 Å². The zero-order valence-corrected chi connectivity index (χ0v) is 11.0. The van der Waals surface area contributed by atoms with E-state index in [2.05, 4.69) is 4.90 Å². The highest BCUT2D eigenvalue weighted by Gasteiger charge is 2.03. The van der Waals surface area contributed by atoms with E-state index in [1.54, 1.807) is 6.07 Å². The molecule has 0 heterocycles. The van der Waals surface area contributed by atoms with Crippen molar-refractivity contribution in [3.05, 3.63) is 35.1 Å². The van der Waals surface area contributed by atoms with Gasteiger partial charge >= 0.3 is 0 Å². The van der Waals surface area contributed by atoms with Crippen LogP contribution in [0.4, 0.5) is 4.39 Å². The molecule has 18 heavy (non-hydrogen) atoms. The minimum absolute atomic E-state index is 0.221. The summed E-state index contributed by atoms with van der Waals surface area (Å²) in [5.74, 6) is -0.221. The summed E-state index contributed by atoms with van der Waals surface area (Å²) in [6.07, 6.45) is 2.93. The normalized spacial score (nSPS) is 11.2. The van der Waals surface area contributed by atoms with Gasteiger partial charge in [0.05, 0.1) is 0 Å². The number of hydrogen-bond donors (Lipinski definition) is 2. The number of unbranched alkanes of at least 4 members (excludes halogenated alkanes) is 2. The number of aliphatic hydroxyl groups excluding tert-OH is 1. The van der Waals surface area contributed by atoms with E-state index in [1.807, 2.05) is 13.1 Å². The maximum Gasteiger partial charge on any atom is 0.123 e. The fourth-order valence-electron chi connectivity index (χ4n) is 1.99. The third-order valence-electron chi connectivity index (χ3n) is 2.90. The first kappa shape index (κ1) is 15.1. The predicted octanol–water partition coefficient (Wildman–Crippen LogP) is 1.88. The van der Waals surface area contributed by atoms with Gasteiger partial charge in [-0.1, -0.05) is 6.07 Å². The van der Waals surface area contributed by atoms with Crippen LogP contribution in [0.1, 0.15) is 30.4 Å². The summed E-state index contributed by atoms with van der Waals surface area (Å²) in [7, 11) is 2.02. The molecule has 0 aromatic heterocycles. The largest absolute Gasteiger partial charge is 0.396 e. The van der Waals surface area contributed by atoms with Crippen molar-refractivity contribution >= 4 is 0 Å². The summed E-state index contributed by atoms with van der Waals surface area (Å²) < 4.78 is 13.3. The number of nitrogens with zero attached hydrogens (tertiary/aromatic N) is 1. The van der Waals surface area contributed by atoms with Gasteiger partial charge in [-0.25, -0.2) is 4.39 Å². The van der Waals surface area contributed by atoms with Gasteiger partial charge in [-0.3, -0.25) is 0 Å². The standard InChI is InChI=1S/C14H23FN2O/c1-17(5-3-2-4-6-18)11-13-7-12(10-16)8-14(15)9-13/h7-9,18H,2-6,10-11,16H2,1H3. The van der Waals surface area contributed by atoms with Gasteiger partial charge in [0, 0.05) is 19.7 Å². The number of halogens is 1. The Morgan fingerprint density at radius 3 is 2.56 bits per heavy atom. The minimum atomic E-state index is -0.221. The van der Waals surface area contributed by atoms with Crippen LogP contribution in [-0.4, -0.2) is 30.2 Å². The molecule has 4 heteroatoms. The van der Waals surface area contributed by atoms with Crippen molar-refractivity contribution in [3.8, 4) is 0 Å². The third-order valence-corrected chi connectivity index (χ3v) is 2.90. The van der Waals surface area contributed by atoms with Crippen molar-refractivity contribution in [1.29, 1.82) is 0 Å². The SMILES string of the molecule is CN(CCCCCO)Cc1cc(F)cc(CN)c1. The summed E-state index contributed by atoms with van der Waals surface area (Å²) in [5.41, 5.74) is 7.32. The third kappa shape index (κ3) is 5.58. The lowest BCUT2D eigenvalue weighted by molar-refractivity contribution is 0.271. The van der Waals surface area contributed by atoms with Gasteiger partial charge in [0.15, 0.2) is 0 Å². The number of rotatable bonds is 8. The molecular formula is C14H23FN2O. The smallest absolute Gasteiger partial charge is 0.123 e. The van der Waals surface area contributed by atoms with E-state index >= 15 is 0 Å². The van der Waals surface area contributed by atoms with Gasteiger partial charge in [0.25, 0.3) is 0 Å². The molecule has 0 bridgehead atoms. The first-order valence-electron chi connectivity index (χ1n) is 6.43. The topological polar surface area (TPSA) is 49.5 Å². The van der Waals surface area contributed by atoms with Crippen LogP contribution in [0.5, 0.6) is 0 Å². The highest BCUT2D eigenvalue weighted by Crippen LogP contribution is 2.11. The monoisotopic (exact) mass is 254 g/mol.